The lowest BCUT2D eigenvalue weighted by atomic mass is 9.94. The zero-order chi connectivity index (χ0) is 44.4. The summed E-state index contributed by atoms with van der Waals surface area (Å²) in [5.41, 5.74) is 12.5. The van der Waals surface area contributed by atoms with Gasteiger partial charge in [-0.05, 0) is 45.1 Å². The Labute approximate surface area is 344 Å². The van der Waals surface area contributed by atoms with Gasteiger partial charge in [-0.1, -0.05) is 81.0 Å². The number of nitrogens with two attached hydrogens (primary N) is 2. The van der Waals surface area contributed by atoms with Crippen molar-refractivity contribution in [3.05, 3.63) is 71.5 Å². The molecule has 2 rings (SSSR count). The highest BCUT2D eigenvalue weighted by molar-refractivity contribution is 6.00. The van der Waals surface area contributed by atoms with Gasteiger partial charge in [-0.25, -0.2) is 9.59 Å². The van der Waals surface area contributed by atoms with E-state index in [2.05, 4.69) is 26.3 Å². The largest absolute Gasteiger partial charge is 0.480 e. The van der Waals surface area contributed by atoms with Gasteiger partial charge in [0.25, 0.3) is 5.91 Å². The Kier molecular flexibility index (Phi) is 20.0. The number of amides is 5. The van der Waals surface area contributed by atoms with Gasteiger partial charge in [-0.2, -0.15) is 0 Å². The van der Waals surface area contributed by atoms with Gasteiger partial charge in [0.1, 0.15) is 23.8 Å². The van der Waals surface area contributed by atoms with Crippen molar-refractivity contribution in [2.75, 3.05) is 20.7 Å². The van der Waals surface area contributed by atoms with E-state index in [9.17, 15) is 43.8 Å². The van der Waals surface area contributed by atoms with Crippen molar-refractivity contribution in [3.8, 4) is 0 Å². The van der Waals surface area contributed by atoms with E-state index >= 15 is 0 Å². The van der Waals surface area contributed by atoms with Crippen LogP contribution in [0.3, 0.4) is 0 Å². The second-order valence-electron chi connectivity index (χ2n) is 14.6. The number of nitrogens with zero attached hydrogens (tertiary/aromatic N) is 2. The first kappa shape index (κ1) is 49.1. The molecule has 1 fully saturated rings. The summed E-state index contributed by atoms with van der Waals surface area (Å²) >= 11 is 0. The predicted octanol–water partition coefficient (Wildman–Crippen LogP) is 0.973. The molecule has 0 bridgehead atoms. The third-order valence-corrected chi connectivity index (χ3v) is 10.1. The zero-order valence-electron chi connectivity index (χ0n) is 34.8. The number of hydrogen-bond donors (Lipinski definition) is 8. The molecule has 18 nitrogen and oxygen atoms in total. The van der Waals surface area contributed by atoms with Crippen LogP contribution >= 0.6 is 0 Å². The van der Waals surface area contributed by atoms with E-state index < -0.39 is 83.9 Å². The molecule has 1 aliphatic rings. The lowest BCUT2D eigenvalue weighted by molar-refractivity contribution is -0.146. The second kappa shape index (κ2) is 24.0. The fraction of sp³-hybridized carbons (Fsp3) is 0.512. The van der Waals surface area contributed by atoms with E-state index in [1.165, 1.54) is 33.9 Å². The van der Waals surface area contributed by atoms with Gasteiger partial charge in [0, 0.05) is 33.0 Å². The van der Waals surface area contributed by atoms with Crippen molar-refractivity contribution in [3.63, 3.8) is 0 Å². The molecule has 0 aromatic heterocycles. The molecule has 1 saturated heterocycles. The quantitative estimate of drug-likeness (QED) is 0.0454. The first-order valence-electron chi connectivity index (χ1n) is 19.4. The standard InChI is InChI=1S/C41H60N8O10/c1-8-31-38(54)48-34(40(57)58)26(5)36(52)46-29(15-12-20-44-41(42)43)37(53)45-28(25(4)35(51)47-30(39(55)56)18-19-33(50)49(31)6)17-16-23(2)21-24(3)32(59-7)22-27-13-10-9-11-14-27/h8-11,13-14,16-17,21,24-26,28-30,32,34H,12,15,18-20,22H2,1-7H3,(H,45,53)(H,46,52)(H,47,51)(H,48,54)(H,55,56)(H,57,58)(H4,42,43,44)/b17-16+,23-21+,31-8-/t24-,25-,26-,28?,29-,30+,32-,34+/m0/s1. The topological polar surface area (TPSA) is 285 Å². The van der Waals surface area contributed by atoms with E-state index in [4.69, 9.17) is 16.2 Å². The van der Waals surface area contributed by atoms with Crippen molar-refractivity contribution in [1.29, 1.82) is 0 Å². The van der Waals surface area contributed by atoms with Gasteiger partial charge in [0.15, 0.2) is 5.96 Å². The Hall–Kier alpha value is -6.04. The maximum Gasteiger partial charge on any atom is 0.327 e. The molecule has 18 heteroatoms. The molecule has 5 amide bonds. The van der Waals surface area contributed by atoms with Gasteiger partial charge in [0.2, 0.25) is 23.6 Å². The molecule has 8 atom stereocenters. The summed E-state index contributed by atoms with van der Waals surface area (Å²) in [6, 6.07) is 4.12. The van der Waals surface area contributed by atoms with Gasteiger partial charge in [0.05, 0.1) is 24.0 Å². The lowest BCUT2D eigenvalue weighted by Crippen LogP contribution is -2.56. The number of carbonyl (C=O) groups is 7. The number of methoxy groups -OCH3 is 1. The number of hydrogen-bond acceptors (Lipinski definition) is 9. The SMILES string of the molecule is C/C=C1/C(=O)N[C@@H](C(=O)O)[C@H](C)C(=O)N[C@@H](CCCN=C(N)N)C(=O)NC(/C=C/C(C)=C/[C@H](C)[C@H](Cc2ccccc2)OC)[C@H](C)C(=O)N[C@@H](C(=O)O)CCC(=O)N1C. The summed E-state index contributed by atoms with van der Waals surface area (Å²) in [7, 11) is 2.88. The Balaban J connectivity index is 2.63. The molecule has 1 unspecified atom stereocenters. The average molecular weight is 825 g/mol. The normalized spacial score (nSPS) is 25.1. The molecule has 0 saturated carbocycles. The number of carbonyl (C=O) groups excluding carboxylic acids is 5. The molecule has 0 aliphatic carbocycles. The number of allylic oxidation sites excluding steroid dienone is 3. The van der Waals surface area contributed by atoms with Crippen LogP contribution in [0.25, 0.3) is 0 Å². The zero-order valence-corrected chi connectivity index (χ0v) is 34.8. The number of rotatable bonds is 13. The minimum Gasteiger partial charge on any atom is -0.480 e. The monoisotopic (exact) mass is 824 g/mol. The smallest absolute Gasteiger partial charge is 0.327 e. The number of carboxylic acids is 2. The highest BCUT2D eigenvalue weighted by atomic mass is 16.5. The third-order valence-electron chi connectivity index (χ3n) is 10.1. The van der Waals surface area contributed by atoms with Crippen molar-refractivity contribution >= 4 is 47.4 Å². The number of likely N-dealkylation sites (N-methyl/N-ethyl adjacent to an activating group) is 1. The molecule has 1 aromatic carbocycles. The average Bonchev–Trinajstić information content (AvgIpc) is 3.19. The Bertz CT molecular complexity index is 1780. The van der Waals surface area contributed by atoms with Crippen molar-refractivity contribution in [2.45, 2.75) is 97.0 Å². The molecule has 324 valence electrons. The first-order valence-corrected chi connectivity index (χ1v) is 19.4. The molecule has 1 heterocycles. The van der Waals surface area contributed by atoms with E-state index in [-0.39, 0.29) is 49.5 Å². The Morgan fingerprint density at radius 2 is 1.61 bits per heavy atom. The highest BCUT2D eigenvalue weighted by Gasteiger charge is 2.36. The number of carboxylic acid groups (broad SMARTS) is 2. The summed E-state index contributed by atoms with van der Waals surface area (Å²) in [6.07, 6.45) is 6.35. The lowest BCUT2D eigenvalue weighted by Gasteiger charge is -2.28. The molecular formula is C41H60N8O10. The second-order valence-corrected chi connectivity index (χ2v) is 14.6. The van der Waals surface area contributed by atoms with Crippen molar-refractivity contribution in [2.24, 2.45) is 34.2 Å². The number of guanidine groups is 1. The molecule has 1 aliphatic heterocycles. The Morgan fingerprint density at radius 3 is 2.19 bits per heavy atom. The van der Waals surface area contributed by atoms with Gasteiger partial charge < -0.3 is 52.6 Å². The van der Waals surface area contributed by atoms with Crippen LogP contribution in [0.15, 0.2) is 70.9 Å². The summed E-state index contributed by atoms with van der Waals surface area (Å²) in [6.45, 7) is 8.07. The minimum absolute atomic E-state index is 0.0326. The Morgan fingerprint density at radius 1 is 0.966 bits per heavy atom. The van der Waals surface area contributed by atoms with Crippen LogP contribution in [0, 0.1) is 17.8 Å². The van der Waals surface area contributed by atoms with Crippen LogP contribution in [-0.2, 0) is 44.7 Å². The number of benzene rings is 1. The van der Waals surface area contributed by atoms with Crippen molar-refractivity contribution in [1.82, 2.24) is 26.2 Å². The van der Waals surface area contributed by atoms with E-state index in [1.54, 1.807) is 19.3 Å². The van der Waals surface area contributed by atoms with E-state index in [1.807, 2.05) is 50.3 Å². The van der Waals surface area contributed by atoms with Crippen LogP contribution in [0.1, 0.15) is 65.9 Å². The summed E-state index contributed by atoms with van der Waals surface area (Å²) in [5, 5.41) is 30.2. The third kappa shape index (κ3) is 15.7. The van der Waals surface area contributed by atoms with Crippen LogP contribution in [0.4, 0.5) is 0 Å². The van der Waals surface area contributed by atoms with Crippen LogP contribution < -0.4 is 32.7 Å². The predicted molar refractivity (Wildman–Crippen MR) is 220 cm³/mol. The van der Waals surface area contributed by atoms with Crippen LogP contribution in [0.2, 0.25) is 0 Å². The van der Waals surface area contributed by atoms with Gasteiger partial charge in [-0.15, -0.1) is 0 Å². The van der Waals surface area contributed by atoms with Crippen LogP contribution in [-0.4, -0.2) is 114 Å². The highest BCUT2D eigenvalue weighted by Crippen LogP contribution is 2.19. The van der Waals surface area contributed by atoms with Crippen LogP contribution in [0.5, 0.6) is 0 Å². The molecular weight excluding hydrogens is 764 g/mol. The number of nitrogens with one attached hydrogen (secondary N) is 4. The number of aliphatic carboxylic acids is 2. The molecule has 0 radical (unpaired) electrons. The summed E-state index contributed by atoms with van der Waals surface area (Å²) in [5.74, 6) is -9.91. The minimum atomic E-state index is -1.80. The van der Waals surface area contributed by atoms with E-state index in [0.29, 0.717) is 6.42 Å². The number of ether oxygens (including phenoxy) is 1. The fourth-order valence-electron chi connectivity index (χ4n) is 6.38. The fourth-order valence-corrected chi connectivity index (χ4v) is 6.38. The van der Waals surface area contributed by atoms with Gasteiger partial charge in [-0.3, -0.25) is 29.0 Å². The first-order chi connectivity index (χ1) is 27.8. The maximum absolute atomic E-state index is 14.1. The molecule has 10 N–H and O–H groups in total. The van der Waals surface area contributed by atoms with Crippen molar-refractivity contribution < 1.29 is 48.5 Å². The maximum atomic E-state index is 14.1. The van der Waals surface area contributed by atoms with Gasteiger partial charge >= 0.3 is 11.9 Å². The number of aliphatic imine (C=N–C) groups is 1. The summed E-state index contributed by atoms with van der Waals surface area (Å²) < 4.78 is 5.79. The molecule has 1 aromatic rings. The molecule has 0 spiro atoms. The van der Waals surface area contributed by atoms with E-state index in [0.717, 1.165) is 16.0 Å². The molecule has 59 heavy (non-hydrogen) atoms. The summed E-state index contributed by atoms with van der Waals surface area (Å²) in [4.78, 5) is 97.5.